The molecule has 2 aromatic carbocycles. The molecule has 32 heavy (non-hydrogen) atoms. The molecule has 168 valence electrons. The predicted octanol–water partition coefficient (Wildman–Crippen LogP) is 5.41. The van der Waals surface area contributed by atoms with Gasteiger partial charge in [0.2, 0.25) is 10.0 Å². The first-order valence-electron chi connectivity index (χ1n) is 10.5. The quantitative estimate of drug-likeness (QED) is 0.483. The Bertz CT molecular complexity index is 1140. The topological polar surface area (TPSA) is 122 Å². The van der Waals surface area contributed by atoms with Gasteiger partial charge in [-0.15, -0.1) is 10.2 Å². The molecule has 0 amide bonds. The molecule has 9 heteroatoms. The molecule has 2 rings (SSSR count). The number of hydrogen-bond acceptors (Lipinski definition) is 7. The molecule has 1 N–H and O–H groups in total. The van der Waals surface area contributed by atoms with Gasteiger partial charge in [0.1, 0.15) is 23.5 Å². The fourth-order valence-electron chi connectivity index (χ4n) is 3.28. The molecule has 0 atom stereocenters. The number of azo groups is 1. The Labute approximate surface area is 190 Å². The summed E-state index contributed by atoms with van der Waals surface area (Å²) in [5.41, 5.74) is 3.00. The summed E-state index contributed by atoms with van der Waals surface area (Å²) in [6, 6.07) is 12.8. The normalized spacial score (nSPS) is 11.2. The second-order valence-electron chi connectivity index (χ2n) is 7.31. The Hall–Kier alpha value is -3.43. The second-order valence-corrected chi connectivity index (χ2v) is 9.06. The molecule has 0 aliphatic carbocycles. The van der Waals surface area contributed by atoms with Crippen molar-refractivity contribution in [1.82, 2.24) is 0 Å². The summed E-state index contributed by atoms with van der Waals surface area (Å²) < 4.78 is 26.3. The molecular weight excluding hydrogens is 424 g/mol. The number of hydrogen-bond donors (Lipinski definition) is 1. The molecule has 0 radical (unpaired) electrons. The van der Waals surface area contributed by atoms with E-state index in [4.69, 9.17) is 0 Å². The van der Waals surface area contributed by atoms with Gasteiger partial charge in [-0.3, -0.25) is 4.72 Å². The number of nitrogens with one attached hydrogen (secondary N) is 1. The minimum absolute atomic E-state index is 0.174. The molecule has 0 saturated heterocycles. The van der Waals surface area contributed by atoms with Gasteiger partial charge in [-0.25, -0.2) is 8.42 Å². The number of nitrogens with zero attached hydrogens (tertiary/aromatic N) is 5. The van der Waals surface area contributed by atoms with E-state index in [9.17, 15) is 18.9 Å². The van der Waals surface area contributed by atoms with E-state index in [2.05, 4.69) is 38.9 Å². The third kappa shape index (κ3) is 6.53. The van der Waals surface area contributed by atoms with Crippen LogP contribution in [0.1, 0.15) is 50.3 Å². The molecule has 0 aromatic heterocycles. The summed E-state index contributed by atoms with van der Waals surface area (Å²) >= 11 is 0. The van der Waals surface area contributed by atoms with E-state index in [1.165, 1.54) is 0 Å². The van der Waals surface area contributed by atoms with Crippen LogP contribution in [-0.2, 0) is 16.4 Å². The van der Waals surface area contributed by atoms with Crippen molar-refractivity contribution in [3.05, 3.63) is 47.0 Å². The van der Waals surface area contributed by atoms with Crippen LogP contribution in [0.25, 0.3) is 0 Å². The lowest BCUT2D eigenvalue weighted by Crippen LogP contribution is -2.22. The van der Waals surface area contributed by atoms with Crippen LogP contribution in [0.3, 0.4) is 0 Å². The highest BCUT2D eigenvalue weighted by Gasteiger charge is 2.14. The molecule has 0 unspecified atom stereocenters. The van der Waals surface area contributed by atoms with Gasteiger partial charge in [-0.1, -0.05) is 13.3 Å². The smallest absolute Gasteiger partial charge is 0.229 e. The first-order valence-corrected chi connectivity index (χ1v) is 12.4. The molecule has 2 aromatic rings. The van der Waals surface area contributed by atoms with Crippen molar-refractivity contribution in [3.8, 4) is 12.1 Å². The minimum Gasteiger partial charge on any atom is -0.372 e. The first kappa shape index (κ1) is 24.8. The van der Waals surface area contributed by atoms with Crippen LogP contribution in [0, 0.1) is 22.7 Å². The molecule has 0 bridgehead atoms. The van der Waals surface area contributed by atoms with Crippen molar-refractivity contribution >= 4 is 32.8 Å². The Morgan fingerprint density at radius 2 is 1.62 bits per heavy atom. The van der Waals surface area contributed by atoms with Gasteiger partial charge < -0.3 is 4.90 Å². The van der Waals surface area contributed by atoms with E-state index in [0.717, 1.165) is 49.9 Å². The lowest BCUT2D eigenvalue weighted by atomic mass is 10.0. The summed E-state index contributed by atoms with van der Waals surface area (Å²) in [5, 5.41) is 27.5. The predicted molar refractivity (Wildman–Crippen MR) is 127 cm³/mol. The fourth-order valence-corrected chi connectivity index (χ4v) is 3.84. The van der Waals surface area contributed by atoms with Crippen molar-refractivity contribution in [2.45, 2.75) is 40.0 Å². The van der Waals surface area contributed by atoms with Crippen LogP contribution in [0.4, 0.5) is 22.7 Å². The van der Waals surface area contributed by atoms with Crippen LogP contribution < -0.4 is 9.62 Å². The van der Waals surface area contributed by atoms with Crippen molar-refractivity contribution in [2.24, 2.45) is 10.2 Å². The summed E-state index contributed by atoms with van der Waals surface area (Å²) in [6.45, 7) is 7.62. The maximum Gasteiger partial charge on any atom is 0.229 e. The molecule has 8 nitrogen and oxygen atoms in total. The summed E-state index contributed by atoms with van der Waals surface area (Å²) in [5.74, 6) is 0. The molecule has 0 aliphatic heterocycles. The van der Waals surface area contributed by atoms with Gasteiger partial charge in [0, 0.05) is 18.8 Å². The summed E-state index contributed by atoms with van der Waals surface area (Å²) in [6.07, 6.45) is 3.79. The van der Waals surface area contributed by atoms with Crippen molar-refractivity contribution in [2.75, 3.05) is 29.0 Å². The molecular formula is C23H28N6O2S. The molecule has 0 heterocycles. The van der Waals surface area contributed by atoms with Crippen molar-refractivity contribution in [1.29, 1.82) is 10.5 Å². The number of nitriles is 2. The van der Waals surface area contributed by atoms with E-state index in [1.54, 1.807) is 24.3 Å². The third-order valence-corrected chi connectivity index (χ3v) is 5.48. The van der Waals surface area contributed by atoms with Gasteiger partial charge >= 0.3 is 0 Å². The fraction of sp³-hybridized carbons (Fsp3) is 0.391. The Kier molecular flexibility index (Phi) is 8.74. The van der Waals surface area contributed by atoms with E-state index in [1.807, 2.05) is 19.9 Å². The van der Waals surface area contributed by atoms with Crippen LogP contribution in [0.2, 0.25) is 0 Å². The maximum absolute atomic E-state index is 11.9. The number of anilines is 2. The Balaban J connectivity index is 2.54. The average molecular weight is 453 g/mol. The highest BCUT2D eigenvalue weighted by molar-refractivity contribution is 7.92. The zero-order chi connectivity index (χ0) is 23.7. The van der Waals surface area contributed by atoms with Crippen LogP contribution >= 0.6 is 0 Å². The molecule has 0 saturated carbocycles. The first-order chi connectivity index (χ1) is 15.3. The highest BCUT2D eigenvalue weighted by atomic mass is 32.2. The maximum atomic E-state index is 11.9. The lowest BCUT2D eigenvalue weighted by molar-refractivity contribution is 0.607. The van der Waals surface area contributed by atoms with Crippen LogP contribution in [-0.4, -0.2) is 27.8 Å². The molecule has 0 aliphatic rings. The van der Waals surface area contributed by atoms with Gasteiger partial charge in [0.15, 0.2) is 0 Å². The standard InChI is InChI=1S/C23H28N6O2S/c1-5-8-9-17-12-18(15-24)23(19(13-17)16-25)27-26-21-11-10-20(29(6-2)7-3)14-22(21)28-32(4,30)31/h10-14,28H,5-9H2,1-4H3/b27-26+. The average Bonchev–Trinajstić information content (AvgIpc) is 2.76. The lowest BCUT2D eigenvalue weighted by Gasteiger charge is -2.22. The van der Waals surface area contributed by atoms with E-state index in [-0.39, 0.29) is 28.2 Å². The number of aryl methyl sites for hydroxylation is 1. The van der Waals surface area contributed by atoms with E-state index in [0.29, 0.717) is 0 Å². The van der Waals surface area contributed by atoms with Gasteiger partial charge in [-0.2, -0.15) is 10.5 Å². The number of sulfonamides is 1. The monoisotopic (exact) mass is 452 g/mol. The molecule has 0 spiro atoms. The van der Waals surface area contributed by atoms with Crippen LogP contribution in [0.5, 0.6) is 0 Å². The van der Waals surface area contributed by atoms with Crippen LogP contribution in [0.15, 0.2) is 40.6 Å². The third-order valence-electron chi connectivity index (χ3n) is 4.89. The Morgan fingerprint density at radius 3 is 2.12 bits per heavy atom. The summed E-state index contributed by atoms with van der Waals surface area (Å²) in [4.78, 5) is 2.07. The SMILES string of the molecule is CCCCc1cc(C#N)c(/N=N/c2ccc(N(CC)CC)cc2NS(C)(=O)=O)c(C#N)c1. The van der Waals surface area contributed by atoms with Gasteiger partial charge in [0.25, 0.3) is 0 Å². The van der Waals surface area contributed by atoms with E-state index >= 15 is 0 Å². The second kappa shape index (κ2) is 11.3. The number of unbranched alkanes of at least 4 members (excludes halogenated alkanes) is 1. The largest absolute Gasteiger partial charge is 0.372 e. The highest BCUT2D eigenvalue weighted by Crippen LogP contribution is 2.34. The van der Waals surface area contributed by atoms with Gasteiger partial charge in [0.05, 0.1) is 23.1 Å². The van der Waals surface area contributed by atoms with Gasteiger partial charge in [-0.05, 0) is 62.6 Å². The van der Waals surface area contributed by atoms with E-state index < -0.39 is 10.0 Å². The Morgan fingerprint density at radius 1 is 1.00 bits per heavy atom. The zero-order valence-corrected chi connectivity index (χ0v) is 19.7. The van der Waals surface area contributed by atoms with Crippen molar-refractivity contribution < 1.29 is 8.42 Å². The number of rotatable bonds is 10. The zero-order valence-electron chi connectivity index (χ0n) is 18.9. The minimum atomic E-state index is -3.55. The van der Waals surface area contributed by atoms with Crippen molar-refractivity contribution in [3.63, 3.8) is 0 Å². The number of benzene rings is 2. The summed E-state index contributed by atoms with van der Waals surface area (Å²) in [7, 11) is -3.55. The molecule has 0 fully saturated rings.